The minimum absolute atomic E-state index is 0.0105. The van der Waals surface area contributed by atoms with Crippen molar-refractivity contribution in [1.29, 1.82) is 0 Å². The number of nitrogens with one attached hydrogen (secondary N) is 2. The van der Waals surface area contributed by atoms with Gasteiger partial charge in [-0.15, -0.1) is 0 Å². The van der Waals surface area contributed by atoms with E-state index in [4.69, 9.17) is 4.74 Å². The Labute approximate surface area is 163 Å². The van der Waals surface area contributed by atoms with Crippen molar-refractivity contribution < 1.29 is 9.53 Å². The molecule has 0 spiro atoms. The molecule has 0 aromatic rings. The minimum atomic E-state index is 0.0105. The summed E-state index contributed by atoms with van der Waals surface area (Å²) in [6.45, 7) is 6.43. The van der Waals surface area contributed by atoms with Crippen LogP contribution in [0.1, 0.15) is 25.7 Å². The zero-order chi connectivity index (χ0) is 19.0. The number of ether oxygens (including phenoxy) is 1. The summed E-state index contributed by atoms with van der Waals surface area (Å²) in [7, 11) is 3.51. The molecule has 0 aromatic heterocycles. The van der Waals surface area contributed by atoms with E-state index in [0.29, 0.717) is 0 Å². The van der Waals surface area contributed by atoms with Gasteiger partial charge < -0.3 is 20.3 Å². The predicted octanol–water partition coefficient (Wildman–Crippen LogP) is 0.865. The van der Waals surface area contributed by atoms with Gasteiger partial charge in [0.15, 0.2) is 5.96 Å². The normalized spacial score (nSPS) is 15.7. The van der Waals surface area contributed by atoms with Gasteiger partial charge in [-0.3, -0.25) is 9.69 Å². The number of carbonyl (C=O) groups is 1. The molecule has 1 aliphatic heterocycles. The van der Waals surface area contributed by atoms with Gasteiger partial charge in [-0.25, -0.2) is 4.99 Å². The van der Waals surface area contributed by atoms with Crippen molar-refractivity contribution in [2.45, 2.75) is 25.7 Å². The third-order valence-corrected chi connectivity index (χ3v) is 4.96. The second kappa shape index (κ2) is 15.1. The number of thioether (sulfide) groups is 1. The SMILES string of the molecule is CSCCCCCCNC(=NCC(=O)N(C)C)NCCN1CCOCC1. The van der Waals surface area contributed by atoms with Crippen molar-refractivity contribution in [3.8, 4) is 0 Å². The van der Waals surface area contributed by atoms with E-state index in [-0.39, 0.29) is 12.5 Å². The van der Waals surface area contributed by atoms with Crippen LogP contribution in [0.25, 0.3) is 0 Å². The summed E-state index contributed by atoms with van der Waals surface area (Å²) in [5.74, 6) is 1.99. The molecule has 7 nitrogen and oxygen atoms in total. The van der Waals surface area contributed by atoms with E-state index >= 15 is 0 Å². The monoisotopic (exact) mass is 387 g/mol. The largest absolute Gasteiger partial charge is 0.379 e. The first kappa shape index (κ1) is 23.0. The highest BCUT2D eigenvalue weighted by Crippen LogP contribution is 2.03. The standard InChI is InChI=1S/C18H37N5O2S/c1-22(2)17(24)16-21-18(19-8-6-4-5-7-15-26-3)20-9-10-23-11-13-25-14-12-23/h4-16H2,1-3H3,(H2,19,20,21). The fourth-order valence-electron chi connectivity index (χ4n) is 2.55. The highest BCUT2D eigenvalue weighted by atomic mass is 32.2. The molecule has 1 fully saturated rings. The lowest BCUT2D eigenvalue weighted by molar-refractivity contribution is -0.127. The van der Waals surface area contributed by atoms with Crippen LogP contribution in [-0.2, 0) is 9.53 Å². The molecule has 8 heteroatoms. The molecule has 0 aromatic carbocycles. The van der Waals surface area contributed by atoms with E-state index in [1.165, 1.54) is 25.0 Å². The molecule has 0 unspecified atom stereocenters. The van der Waals surface area contributed by atoms with Gasteiger partial charge >= 0.3 is 0 Å². The Morgan fingerprint density at radius 2 is 1.81 bits per heavy atom. The molecular formula is C18H37N5O2S. The number of hydrogen-bond donors (Lipinski definition) is 2. The van der Waals surface area contributed by atoms with Crippen molar-refractivity contribution in [2.75, 3.05) is 78.6 Å². The molecule has 0 radical (unpaired) electrons. The van der Waals surface area contributed by atoms with Gasteiger partial charge in [-0.2, -0.15) is 11.8 Å². The van der Waals surface area contributed by atoms with Crippen molar-refractivity contribution in [1.82, 2.24) is 20.4 Å². The van der Waals surface area contributed by atoms with Crippen LogP contribution in [0.4, 0.5) is 0 Å². The van der Waals surface area contributed by atoms with Crippen LogP contribution in [0.2, 0.25) is 0 Å². The molecule has 152 valence electrons. The van der Waals surface area contributed by atoms with Gasteiger partial charge in [-0.1, -0.05) is 12.8 Å². The van der Waals surface area contributed by atoms with Crippen LogP contribution in [0.3, 0.4) is 0 Å². The molecule has 1 amide bonds. The number of rotatable bonds is 12. The van der Waals surface area contributed by atoms with Gasteiger partial charge in [0.1, 0.15) is 6.54 Å². The summed E-state index contributed by atoms with van der Waals surface area (Å²) >= 11 is 1.91. The summed E-state index contributed by atoms with van der Waals surface area (Å²) < 4.78 is 5.37. The van der Waals surface area contributed by atoms with Crippen molar-refractivity contribution in [3.63, 3.8) is 0 Å². The molecule has 0 atom stereocenters. The number of unbranched alkanes of at least 4 members (excludes halogenated alkanes) is 3. The predicted molar refractivity (Wildman–Crippen MR) is 111 cm³/mol. The number of hydrogen-bond acceptors (Lipinski definition) is 5. The summed E-state index contributed by atoms with van der Waals surface area (Å²) in [4.78, 5) is 20.2. The van der Waals surface area contributed by atoms with Crippen LogP contribution < -0.4 is 10.6 Å². The first-order valence-corrected chi connectivity index (χ1v) is 11.0. The third-order valence-electron chi connectivity index (χ3n) is 4.26. The Kier molecular flexibility index (Phi) is 13.4. The molecule has 0 bridgehead atoms. The summed E-state index contributed by atoms with van der Waals surface area (Å²) in [6.07, 6.45) is 7.07. The van der Waals surface area contributed by atoms with E-state index in [9.17, 15) is 4.79 Å². The average molecular weight is 388 g/mol. The zero-order valence-corrected chi connectivity index (χ0v) is 17.6. The zero-order valence-electron chi connectivity index (χ0n) is 16.8. The van der Waals surface area contributed by atoms with E-state index in [0.717, 1.165) is 58.3 Å². The lowest BCUT2D eigenvalue weighted by Crippen LogP contribution is -2.45. The molecular weight excluding hydrogens is 350 g/mol. The highest BCUT2D eigenvalue weighted by Gasteiger charge is 2.10. The molecule has 1 saturated heterocycles. The number of nitrogens with zero attached hydrogens (tertiary/aromatic N) is 3. The number of aliphatic imine (C=N–C) groups is 1. The highest BCUT2D eigenvalue weighted by molar-refractivity contribution is 7.98. The Balaban J connectivity index is 2.30. The van der Waals surface area contributed by atoms with Gasteiger partial charge in [0, 0.05) is 46.8 Å². The summed E-state index contributed by atoms with van der Waals surface area (Å²) in [5, 5.41) is 6.72. The maximum absolute atomic E-state index is 11.8. The van der Waals surface area contributed by atoms with Crippen LogP contribution in [0, 0.1) is 0 Å². The third kappa shape index (κ3) is 11.6. The molecule has 1 heterocycles. The minimum Gasteiger partial charge on any atom is -0.379 e. The first-order chi connectivity index (χ1) is 12.6. The second-order valence-electron chi connectivity index (χ2n) is 6.67. The van der Waals surface area contributed by atoms with Crippen LogP contribution in [0.15, 0.2) is 4.99 Å². The van der Waals surface area contributed by atoms with Crippen LogP contribution in [0.5, 0.6) is 0 Å². The molecule has 0 saturated carbocycles. The van der Waals surface area contributed by atoms with E-state index in [1.807, 2.05) is 11.8 Å². The number of morpholine rings is 1. The quantitative estimate of drug-likeness (QED) is 0.294. The van der Waals surface area contributed by atoms with Gasteiger partial charge in [-0.05, 0) is 24.9 Å². The van der Waals surface area contributed by atoms with Crippen molar-refractivity contribution in [3.05, 3.63) is 0 Å². The average Bonchev–Trinajstić information content (AvgIpc) is 2.65. The van der Waals surface area contributed by atoms with Gasteiger partial charge in [0.25, 0.3) is 0 Å². The second-order valence-corrected chi connectivity index (χ2v) is 7.65. The summed E-state index contributed by atoms with van der Waals surface area (Å²) in [5.41, 5.74) is 0. The van der Waals surface area contributed by atoms with E-state index in [1.54, 1.807) is 19.0 Å². The smallest absolute Gasteiger partial charge is 0.243 e. The van der Waals surface area contributed by atoms with Crippen molar-refractivity contribution >= 4 is 23.6 Å². The summed E-state index contributed by atoms with van der Waals surface area (Å²) in [6, 6.07) is 0. The maximum atomic E-state index is 11.8. The fourth-order valence-corrected chi connectivity index (χ4v) is 3.04. The van der Waals surface area contributed by atoms with Crippen molar-refractivity contribution in [2.24, 2.45) is 4.99 Å². The van der Waals surface area contributed by atoms with Gasteiger partial charge in [0.05, 0.1) is 13.2 Å². The molecule has 2 N–H and O–H groups in total. The first-order valence-electron chi connectivity index (χ1n) is 9.65. The van der Waals surface area contributed by atoms with E-state index in [2.05, 4.69) is 26.8 Å². The number of carbonyl (C=O) groups excluding carboxylic acids is 1. The van der Waals surface area contributed by atoms with Crippen LogP contribution >= 0.6 is 11.8 Å². The number of amides is 1. The molecule has 1 aliphatic rings. The molecule has 1 rings (SSSR count). The molecule has 26 heavy (non-hydrogen) atoms. The Morgan fingerprint density at radius 1 is 1.12 bits per heavy atom. The van der Waals surface area contributed by atoms with Crippen LogP contribution in [-0.4, -0.2) is 100 Å². The Hall–Kier alpha value is -0.990. The number of guanidine groups is 1. The maximum Gasteiger partial charge on any atom is 0.243 e. The number of likely N-dealkylation sites (N-methyl/N-ethyl adjacent to an activating group) is 1. The van der Waals surface area contributed by atoms with Gasteiger partial charge in [0.2, 0.25) is 5.91 Å². The fraction of sp³-hybridized carbons (Fsp3) is 0.889. The molecule has 0 aliphatic carbocycles. The Morgan fingerprint density at radius 3 is 2.50 bits per heavy atom. The Bertz CT molecular complexity index is 401. The lowest BCUT2D eigenvalue weighted by atomic mass is 10.2. The topological polar surface area (TPSA) is 69.2 Å². The van der Waals surface area contributed by atoms with E-state index < -0.39 is 0 Å². The lowest BCUT2D eigenvalue weighted by Gasteiger charge is -2.26.